The Kier molecular flexibility index (Phi) is 4.06. The van der Waals surface area contributed by atoms with Crippen LogP contribution in [0.1, 0.15) is 48.5 Å². The zero-order valence-corrected chi connectivity index (χ0v) is 12.4. The second kappa shape index (κ2) is 4.55. The molecule has 7 heteroatoms. The fourth-order valence-corrected chi connectivity index (χ4v) is 1.24. The first kappa shape index (κ1) is 16.1. The largest absolute Gasteiger partial charge is 0.439 e. The summed E-state index contributed by atoms with van der Waals surface area (Å²) in [6.45, 7) is 12.5. The van der Waals surface area contributed by atoms with E-state index in [2.05, 4.69) is 0 Å². The molecule has 0 aromatic rings. The maximum absolute atomic E-state index is 9.97. The minimum atomic E-state index is -0.982. The fraction of sp³-hybridized carbons (Fsp3) is 1.00. The van der Waals surface area contributed by atoms with Gasteiger partial charge in [-0.25, -0.2) is 0 Å². The molecule has 1 atom stereocenters. The third-order valence-corrected chi connectivity index (χ3v) is 3.91. The van der Waals surface area contributed by atoms with Crippen LogP contribution in [0.25, 0.3) is 0 Å². The summed E-state index contributed by atoms with van der Waals surface area (Å²) in [7, 11) is 6.80. The normalized spacial score (nSPS) is 28.6. The highest BCUT2D eigenvalue weighted by Gasteiger charge is 2.51. The summed E-state index contributed by atoms with van der Waals surface area (Å²) in [6.07, 6.45) is 0. The van der Waals surface area contributed by atoms with E-state index in [1.165, 1.54) is 7.37 Å². The third-order valence-electron chi connectivity index (χ3n) is 3.91. The summed E-state index contributed by atoms with van der Waals surface area (Å²) in [4.78, 5) is 0. The Hall–Kier alpha value is 0.0348. The molecule has 1 N–H and O–H groups in total. The second-order valence-corrected chi connectivity index (χ2v) is 6.54. The van der Waals surface area contributed by atoms with Crippen molar-refractivity contribution in [2.45, 2.75) is 70.8 Å². The lowest BCUT2D eigenvalue weighted by Gasteiger charge is -2.37. The highest BCUT2D eigenvalue weighted by atomic mass is 16.7. The molecule has 0 amide bonds. The Morgan fingerprint density at radius 3 is 2.00 bits per heavy atom. The molecule has 1 aliphatic rings. The molecular weight excluding hydrogens is 229 g/mol. The van der Waals surface area contributed by atoms with Crippen LogP contribution >= 0.6 is 0 Å². The minimum absolute atomic E-state index is 0.601. The predicted molar refractivity (Wildman–Crippen MR) is 73.4 cm³/mol. The molecule has 1 saturated heterocycles. The molecule has 18 heavy (non-hydrogen) atoms. The highest BCUT2D eigenvalue weighted by molar-refractivity contribution is 7.03. The van der Waals surface area contributed by atoms with Crippen molar-refractivity contribution in [1.29, 1.82) is 0 Å². The summed E-state index contributed by atoms with van der Waals surface area (Å²) in [5.41, 5.74) is -3.21. The smallest absolute Gasteiger partial charge is 0.435 e. The molecule has 4 nitrogen and oxygen atoms in total. The van der Waals surface area contributed by atoms with Gasteiger partial charge >= 0.3 is 14.4 Å². The maximum Gasteiger partial charge on any atom is 0.439 e. The molecule has 0 saturated carbocycles. The quantitative estimate of drug-likeness (QED) is 0.752. The van der Waals surface area contributed by atoms with Crippen LogP contribution in [0.5, 0.6) is 0 Å². The molecule has 3 radical (unpaired) electrons. The van der Waals surface area contributed by atoms with Crippen molar-refractivity contribution < 1.29 is 19.1 Å². The van der Waals surface area contributed by atoms with Crippen LogP contribution in [0.2, 0.25) is 0 Å². The number of hydrogen-bond donors (Lipinski definition) is 1. The summed E-state index contributed by atoms with van der Waals surface area (Å²) in [5, 5.41) is 9.97. The van der Waals surface area contributed by atoms with Gasteiger partial charge in [0.2, 0.25) is 0 Å². The van der Waals surface area contributed by atoms with Gasteiger partial charge in [-0.15, -0.1) is 0 Å². The van der Waals surface area contributed by atoms with Crippen LogP contribution in [0, 0.1) is 0 Å². The highest BCUT2D eigenvalue weighted by Crippen LogP contribution is 2.35. The number of hydrogen-bond acceptors (Lipinski definition) is 4. The maximum atomic E-state index is 9.97. The molecule has 1 rings (SSSR count). The molecular formula is C11H22B3O4. The van der Waals surface area contributed by atoms with Crippen LogP contribution in [-0.2, 0) is 14.0 Å². The average molecular weight is 251 g/mol. The van der Waals surface area contributed by atoms with Gasteiger partial charge in [-0.05, 0) is 48.5 Å². The van der Waals surface area contributed by atoms with Gasteiger partial charge in [-0.1, -0.05) is 0 Å². The van der Waals surface area contributed by atoms with Gasteiger partial charge in [-0.2, -0.15) is 0 Å². The van der Waals surface area contributed by atoms with Gasteiger partial charge in [0, 0.05) is 5.50 Å². The molecule has 0 bridgehead atoms. The summed E-state index contributed by atoms with van der Waals surface area (Å²) in [5.74, 6) is 0. The molecule has 99 valence electrons. The lowest BCUT2D eigenvalue weighted by molar-refractivity contribution is -0.0894. The average Bonchev–Trinajstić information content (AvgIpc) is 2.30. The SMILES string of the molecule is [B]C1(C)OB([B]OC(C)(C)C(C)(C)O)OC1(C)C. The van der Waals surface area contributed by atoms with E-state index in [1.54, 1.807) is 34.6 Å². The molecule has 0 aliphatic carbocycles. The van der Waals surface area contributed by atoms with Gasteiger partial charge in [0.15, 0.2) is 0 Å². The van der Waals surface area contributed by atoms with Crippen LogP contribution in [0.15, 0.2) is 0 Å². The Balaban J connectivity index is 2.58. The van der Waals surface area contributed by atoms with Crippen molar-refractivity contribution in [3.8, 4) is 0 Å². The van der Waals surface area contributed by atoms with Gasteiger partial charge in [0.1, 0.15) is 7.85 Å². The molecule has 0 aromatic heterocycles. The first-order valence-electron chi connectivity index (χ1n) is 6.17. The van der Waals surface area contributed by atoms with E-state index in [-0.39, 0.29) is 0 Å². The van der Waals surface area contributed by atoms with Crippen molar-refractivity contribution in [3.05, 3.63) is 0 Å². The van der Waals surface area contributed by atoms with Gasteiger partial charge in [-0.3, -0.25) is 0 Å². The molecule has 0 spiro atoms. The first-order valence-corrected chi connectivity index (χ1v) is 6.17. The topological polar surface area (TPSA) is 47.9 Å². The van der Waals surface area contributed by atoms with E-state index < -0.39 is 29.3 Å². The van der Waals surface area contributed by atoms with E-state index in [0.29, 0.717) is 0 Å². The zero-order valence-electron chi connectivity index (χ0n) is 12.4. The molecule has 0 aromatic carbocycles. The Labute approximate surface area is 113 Å². The molecule has 1 aliphatic heterocycles. The van der Waals surface area contributed by atoms with E-state index in [9.17, 15) is 5.11 Å². The molecule has 1 fully saturated rings. The van der Waals surface area contributed by atoms with Gasteiger partial charge < -0.3 is 19.1 Å². The monoisotopic (exact) mass is 251 g/mol. The minimum Gasteiger partial charge on any atom is -0.435 e. The van der Waals surface area contributed by atoms with Crippen LogP contribution in [0.4, 0.5) is 0 Å². The van der Waals surface area contributed by atoms with E-state index in [1.807, 2.05) is 13.8 Å². The van der Waals surface area contributed by atoms with Crippen molar-refractivity contribution in [1.82, 2.24) is 0 Å². The zero-order chi connectivity index (χ0) is 14.4. The van der Waals surface area contributed by atoms with Crippen LogP contribution in [0.3, 0.4) is 0 Å². The summed E-state index contributed by atoms with van der Waals surface area (Å²) < 4.78 is 16.8. The Bertz CT molecular complexity index is 294. The van der Waals surface area contributed by atoms with Crippen molar-refractivity contribution >= 4 is 22.2 Å². The van der Waals surface area contributed by atoms with Gasteiger partial charge in [0.05, 0.1) is 16.8 Å². The Morgan fingerprint density at radius 1 is 1.17 bits per heavy atom. The van der Waals surface area contributed by atoms with E-state index >= 15 is 0 Å². The number of rotatable bonds is 4. The van der Waals surface area contributed by atoms with E-state index in [4.69, 9.17) is 21.8 Å². The fourth-order valence-electron chi connectivity index (χ4n) is 1.24. The van der Waals surface area contributed by atoms with Crippen molar-refractivity contribution in [2.75, 3.05) is 0 Å². The summed E-state index contributed by atoms with van der Waals surface area (Å²) >= 11 is 0. The lowest BCUT2D eigenvalue weighted by atomic mass is 9.55. The standard InChI is InChI=1S/C11H22B3O4/c1-8(2,15)9(3,4)16-13-14-17-10(5,6)11(7,12)18-14/h15H,1-7H3. The van der Waals surface area contributed by atoms with E-state index in [0.717, 1.165) is 0 Å². The summed E-state index contributed by atoms with van der Waals surface area (Å²) in [6, 6.07) is 0. The lowest BCUT2D eigenvalue weighted by Crippen LogP contribution is -2.50. The second-order valence-electron chi connectivity index (χ2n) is 6.54. The van der Waals surface area contributed by atoms with Gasteiger partial charge in [0.25, 0.3) is 0 Å². The van der Waals surface area contributed by atoms with Crippen molar-refractivity contribution in [2.24, 2.45) is 0 Å². The Morgan fingerprint density at radius 2 is 1.67 bits per heavy atom. The molecule has 1 unspecified atom stereocenters. The first-order chi connectivity index (χ1) is 7.79. The number of aliphatic hydroxyl groups is 1. The molecule has 1 heterocycles. The third kappa shape index (κ3) is 3.13. The van der Waals surface area contributed by atoms with Crippen molar-refractivity contribution in [3.63, 3.8) is 0 Å². The van der Waals surface area contributed by atoms with Crippen LogP contribution in [-0.4, -0.2) is 49.6 Å². The predicted octanol–water partition coefficient (Wildman–Crippen LogP) is 0.867. The van der Waals surface area contributed by atoms with Crippen LogP contribution < -0.4 is 0 Å².